The van der Waals surface area contributed by atoms with E-state index in [0.29, 0.717) is 18.4 Å². The maximum absolute atomic E-state index is 12.4. The molecule has 1 aliphatic carbocycles. The van der Waals surface area contributed by atoms with Crippen molar-refractivity contribution < 1.29 is 9.59 Å². The molecule has 0 unspecified atom stereocenters. The summed E-state index contributed by atoms with van der Waals surface area (Å²) in [4.78, 5) is 27.6. The van der Waals surface area contributed by atoms with E-state index in [-0.39, 0.29) is 11.8 Å². The highest BCUT2D eigenvalue weighted by Gasteiger charge is 2.23. The molecule has 2 rings (SSSR count). The lowest BCUT2D eigenvalue weighted by molar-refractivity contribution is -0.132. The number of nitrogens with one attached hydrogen (secondary N) is 1. The van der Waals surface area contributed by atoms with Gasteiger partial charge in [0, 0.05) is 27.1 Å². The Morgan fingerprint density at radius 2 is 1.70 bits per heavy atom. The van der Waals surface area contributed by atoms with Gasteiger partial charge in [-0.15, -0.1) is 0 Å². The van der Waals surface area contributed by atoms with Crippen LogP contribution in [0.3, 0.4) is 0 Å². The molecule has 2 aliphatic rings. The molecule has 1 N–H and O–H groups in total. The standard InChI is InChI=1S/C18H33N3O2/c1-15(22)19-12-16-8-10-21(11-9-16)14-18(23)20(2)13-17-6-4-3-5-7-17/h16-17H,3-14H2,1-2H3,(H,19,22). The summed E-state index contributed by atoms with van der Waals surface area (Å²) in [5.74, 6) is 1.58. The van der Waals surface area contributed by atoms with Crippen molar-refractivity contribution in [2.24, 2.45) is 11.8 Å². The van der Waals surface area contributed by atoms with Crippen LogP contribution in [-0.4, -0.2) is 61.4 Å². The van der Waals surface area contributed by atoms with Gasteiger partial charge in [-0.2, -0.15) is 0 Å². The molecular formula is C18H33N3O2. The van der Waals surface area contributed by atoms with Crippen LogP contribution in [0.1, 0.15) is 51.9 Å². The van der Waals surface area contributed by atoms with Gasteiger partial charge in [0.25, 0.3) is 0 Å². The van der Waals surface area contributed by atoms with E-state index < -0.39 is 0 Å². The van der Waals surface area contributed by atoms with E-state index in [0.717, 1.165) is 39.0 Å². The molecule has 0 spiro atoms. The lowest BCUT2D eigenvalue weighted by atomic mass is 9.89. The molecule has 0 atom stereocenters. The first-order valence-corrected chi connectivity index (χ1v) is 9.25. The van der Waals surface area contributed by atoms with E-state index in [1.54, 1.807) is 6.92 Å². The van der Waals surface area contributed by atoms with E-state index >= 15 is 0 Å². The maximum atomic E-state index is 12.4. The van der Waals surface area contributed by atoms with Crippen molar-refractivity contribution in [1.82, 2.24) is 15.1 Å². The predicted octanol–water partition coefficient (Wildman–Crippen LogP) is 1.87. The van der Waals surface area contributed by atoms with Crippen LogP contribution in [-0.2, 0) is 9.59 Å². The number of piperidine rings is 1. The summed E-state index contributed by atoms with van der Waals surface area (Å²) in [5, 5.41) is 2.90. The van der Waals surface area contributed by atoms with Crippen LogP contribution in [0.4, 0.5) is 0 Å². The predicted molar refractivity (Wildman–Crippen MR) is 92.1 cm³/mol. The van der Waals surface area contributed by atoms with Crippen molar-refractivity contribution in [3.63, 3.8) is 0 Å². The first-order chi connectivity index (χ1) is 11.0. The number of amides is 2. The quantitative estimate of drug-likeness (QED) is 0.812. The molecule has 0 aromatic heterocycles. The molecule has 2 fully saturated rings. The summed E-state index contributed by atoms with van der Waals surface area (Å²) in [5.41, 5.74) is 0. The fourth-order valence-corrected chi connectivity index (χ4v) is 3.81. The number of hydrogen-bond acceptors (Lipinski definition) is 3. The number of carbonyl (C=O) groups is 2. The van der Waals surface area contributed by atoms with Gasteiger partial charge in [0.15, 0.2) is 0 Å². The van der Waals surface area contributed by atoms with Crippen molar-refractivity contribution in [1.29, 1.82) is 0 Å². The fourth-order valence-electron chi connectivity index (χ4n) is 3.81. The smallest absolute Gasteiger partial charge is 0.236 e. The Bertz CT molecular complexity index is 386. The van der Waals surface area contributed by atoms with E-state index in [9.17, 15) is 9.59 Å². The summed E-state index contributed by atoms with van der Waals surface area (Å²) in [6.07, 6.45) is 8.72. The van der Waals surface area contributed by atoms with Gasteiger partial charge in [-0.05, 0) is 50.6 Å². The largest absolute Gasteiger partial charge is 0.356 e. The molecule has 1 saturated carbocycles. The van der Waals surface area contributed by atoms with Crippen molar-refractivity contribution >= 4 is 11.8 Å². The normalized spacial score (nSPS) is 21.1. The number of rotatable bonds is 6. The van der Waals surface area contributed by atoms with Gasteiger partial charge in [-0.25, -0.2) is 0 Å². The van der Waals surface area contributed by atoms with Crippen LogP contribution in [0, 0.1) is 11.8 Å². The van der Waals surface area contributed by atoms with Gasteiger partial charge in [0.05, 0.1) is 6.54 Å². The molecule has 23 heavy (non-hydrogen) atoms. The fraction of sp³-hybridized carbons (Fsp3) is 0.889. The van der Waals surface area contributed by atoms with Gasteiger partial charge in [0.1, 0.15) is 0 Å². The van der Waals surface area contributed by atoms with Crippen LogP contribution >= 0.6 is 0 Å². The molecule has 1 saturated heterocycles. The molecule has 0 aromatic carbocycles. The van der Waals surface area contributed by atoms with Crippen molar-refractivity contribution in [2.75, 3.05) is 39.8 Å². The molecule has 5 nitrogen and oxygen atoms in total. The lowest BCUT2D eigenvalue weighted by Crippen LogP contribution is -2.44. The third-order valence-corrected chi connectivity index (χ3v) is 5.39. The topological polar surface area (TPSA) is 52.7 Å². The third kappa shape index (κ3) is 6.50. The highest BCUT2D eigenvalue weighted by molar-refractivity contribution is 5.78. The second kappa shape index (κ2) is 9.26. The molecule has 2 amide bonds. The Balaban J connectivity index is 1.64. The van der Waals surface area contributed by atoms with Crippen LogP contribution in [0.15, 0.2) is 0 Å². The monoisotopic (exact) mass is 323 g/mol. The SMILES string of the molecule is CC(=O)NCC1CCN(CC(=O)N(C)CC2CCCCC2)CC1. The number of nitrogens with zero attached hydrogens (tertiary/aromatic N) is 2. The van der Waals surface area contributed by atoms with E-state index in [1.165, 1.54) is 32.1 Å². The van der Waals surface area contributed by atoms with E-state index in [2.05, 4.69) is 10.2 Å². The van der Waals surface area contributed by atoms with Gasteiger partial charge in [-0.1, -0.05) is 19.3 Å². The minimum Gasteiger partial charge on any atom is -0.356 e. The summed E-state index contributed by atoms with van der Waals surface area (Å²) in [7, 11) is 1.96. The van der Waals surface area contributed by atoms with Crippen LogP contribution < -0.4 is 5.32 Å². The second-order valence-electron chi connectivity index (χ2n) is 7.43. The Kier molecular flexibility index (Phi) is 7.34. The van der Waals surface area contributed by atoms with Gasteiger partial charge in [0.2, 0.25) is 11.8 Å². The highest BCUT2D eigenvalue weighted by Crippen LogP contribution is 2.24. The summed E-state index contributed by atoms with van der Waals surface area (Å²) in [6.45, 7) is 5.75. The first-order valence-electron chi connectivity index (χ1n) is 9.25. The Labute approximate surface area is 140 Å². The zero-order chi connectivity index (χ0) is 16.7. The summed E-state index contributed by atoms with van der Waals surface area (Å²) < 4.78 is 0. The van der Waals surface area contributed by atoms with Crippen LogP contribution in [0.25, 0.3) is 0 Å². The minimum atomic E-state index is 0.0481. The molecule has 1 heterocycles. The van der Waals surface area contributed by atoms with Gasteiger partial charge in [-0.3, -0.25) is 14.5 Å². The second-order valence-corrected chi connectivity index (χ2v) is 7.43. The Morgan fingerprint density at radius 1 is 1.04 bits per heavy atom. The number of likely N-dealkylation sites (tertiary alicyclic amines) is 1. The molecule has 0 bridgehead atoms. The minimum absolute atomic E-state index is 0.0481. The zero-order valence-electron chi connectivity index (χ0n) is 14.9. The lowest BCUT2D eigenvalue weighted by Gasteiger charge is -2.33. The van der Waals surface area contributed by atoms with E-state index in [4.69, 9.17) is 0 Å². The van der Waals surface area contributed by atoms with Gasteiger partial charge >= 0.3 is 0 Å². The molecule has 0 aromatic rings. The van der Waals surface area contributed by atoms with E-state index in [1.807, 2.05) is 11.9 Å². The summed E-state index contributed by atoms with van der Waals surface area (Å²) >= 11 is 0. The number of carbonyl (C=O) groups excluding carboxylic acids is 2. The summed E-state index contributed by atoms with van der Waals surface area (Å²) in [6, 6.07) is 0. The first kappa shape index (κ1) is 18.2. The maximum Gasteiger partial charge on any atom is 0.236 e. The molecular weight excluding hydrogens is 290 g/mol. The number of likely N-dealkylation sites (N-methyl/N-ethyl adjacent to an activating group) is 1. The van der Waals surface area contributed by atoms with Crippen molar-refractivity contribution in [3.8, 4) is 0 Å². The molecule has 5 heteroatoms. The average Bonchev–Trinajstić information content (AvgIpc) is 2.55. The van der Waals surface area contributed by atoms with Crippen LogP contribution in [0.5, 0.6) is 0 Å². The zero-order valence-corrected chi connectivity index (χ0v) is 14.9. The van der Waals surface area contributed by atoms with Crippen molar-refractivity contribution in [3.05, 3.63) is 0 Å². The van der Waals surface area contributed by atoms with Crippen molar-refractivity contribution in [2.45, 2.75) is 51.9 Å². The number of hydrogen-bond donors (Lipinski definition) is 1. The Hall–Kier alpha value is -1.10. The third-order valence-electron chi connectivity index (χ3n) is 5.39. The molecule has 0 radical (unpaired) electrons. The van der Waals surface area contributed by atoms with Gasteiger partial charge < -0.3 is 10.2 Å². The van der Waals surface area contributed by atoms with Crippen LogP contribution in [0.2, 0.25) is 0 Å². The highest BCUT2D eigenvalue weighted by atomic mass is 16.2. The molecule has 132 valence electrons. The molecule has 1 aliphatic heterocycles. The average molecular weight is 323 g/mol. The Morgan fingerprint density at radius 3 is 2.30 bits per heavy atom.